The maximum Gasteiger partial charge on any atom is 0.199 e. The summed E-state index contributed by atoms with van der Waals surface area (Å²) in [4.78, 5) is 0. The van der Waals surface area contributed by atoms with E-state index in [1.807, 2.05) is 36.4 Å². The Morgan fingerprint density at radius 2 is 2.00 bits per heavy atom. The van der Waals surface area contributed by atoms with Crippen LogP contribution >= 0.6 is 11.6 Å². The van der Waals surface area contributed by atoms with E-state index in [-0.39, 0.29) is 0 Å². The van der Waals surface area contributed by atoms with Crippen molar-refractivity contribution in [3.05, 3.63) is 64.9 Å². The fourth-order valence-electron chi connectivity index (χ4n) is 2.12. The van der Waals surface area contributed by atoms with Crippen LogP contribution in [0, 0.1) is 11.3 Å². The molecule has 0 saturated heterocycles. The van der Waals surface area contributed by atoms with Crippen LogP contribution in [0.15, 0.2) is 52.9 Å². The highest BCUT2D eigenvalue weighted by Crippen LogP contribution is 2.30. The minimum atomic E-state index is 0.398. The Balaban J connectivity index is 1.87. The van der Waals surface area contributed by atoms with Crippen LogP contribution in [0.5, 0.6) is 0 Å². The lowest BCUT2D eigenvalue weighted by Crippen LogP contribution is -1.99. The largest absolute Gasteiger partial charge is 0.444 e. The van der Waals surface area contributed by atoms with Crippen molar-refractivity contribution in [1.82, 2.24) is 0 Å². The third-order valence-corrected chi connectivity index (χ3v) is 3.42. The van der Waals surface area contributed by atoms with E-state index in [0.717, 1.165) is 22.2 Å². The smallest absolute Gasteiger partial charge is 0.199 e. The van der Waals surface area contributed by atoms with Crippen LogP contribution in [0.25, 0.3) is 11.0 Å². The molecule has 0 saturated carbocycles. The lowest BCUT2D eigenvalue weighted by molar-refractivity contribution is 0.613. The second kappa shape index (κ2) is 5.28. The number of hydrogen-bond acceptors (Lipinski definition) is 3. The van der Waals surface area contributed by atoms with Gasteiger partial charge in [0.05, 0.1) is 11.6 Å². The lowest BCUT2D eigenvalue weighted by atomic mass is 10.1. The van der Waals surface area contributed by atoms with E-state index >= 15 is 0 Å². The van der Waals surface area contributed by atoms with Crippen LogP contribution in [0.1, 0.15) is 11.1 Å². The molecule has 0 radical (unpaired) electrons. The number of nitriles is 1. The van der Waals surface area contributed by atoms with Gasteiger partial charge in [0.1, 0.15) is 5.58 Å². The van der Waals surface area contributed by atoms with Crippen molar-refractivity contribution >= 4 is 28.3 Å². The third-order valence-electron chi connectivity index (χ3n) is 3.11. The highest BCUT2D eigenvalue weighted by Gasteiger charge is 2.11. The number of benzene rings is 2. The summed E-state index contributed by atoms with van der Waals surface area (Å²) in [5.74, 6) is 0. The molecular weight excluding hydrogens is 272 g/mol. The van der Waals surface area contributed by atoms with Crippen LogP contribution in [0.2, 0.25) is 5.22 Å². The van der Waals surface area contributed by atoms with Gasteiger partial charge in [0.25, 0.3) is 0 Å². The molecule has 20 heavy (non-hydrogen) atoms. The highest BCUT2D eigenvalue weighted by atomic mass is 35.5. The van der Waals surface area contributed by atoms with Crippen molar-refractivity contribution in [1.29, 1.82) is 5.26 Å². The molecule has 2 aromatic carbocycles. The summed E-state index contributed by atoms with van der Waals surface area (Å²) in [6.07, 6.45) is 0. The number of fused-ring (bicyclic) bond motifs is 1. The van der Waals surface area contributed by atoms with Crippen LogP contribution < -0.4 is 5.32 Å². The summed E-state index contributed by atoms with van der Waals surface area (Å²) in [5, 5.41) is 13.5. The molecule has 0 fully saturated rings. The SMILES string of the molecule is N#Cc1cccc(NCc2c(Cl)oc3ccccc23)c1. The lowest BCUT2D eigenvalue weighted by Gasteiger charge is -2.05. The normalized spacial score (nSPS) is 10.4. The molecule has 0 unspecified atom stereocenters. The van der Waals surface area contributed by atoms with Crippen molar-refractivity contribution in [2.45, 2.75) is 6.54 Å². The molecule has 0 aliphatic rings. The fourth-order valence-corrected chi connectivity index (χ4v) is 2.37. The fraction of sp³-hybridized carbons (Fsp3) is 0.0625. The Kier molecular flexibility index (Phi) is 3.32. The Bertz CT molecular complexity index is 802. The summed E-state index contributed by atoms with van der Waals surface area (Å²) in [6.45, 7) is 0.546. The first kappa shape index (κ1) is 12.6. The van der Waals surface area contributed by atoms with Crippen LogP contribution in [-0.2, 0) is 6.54 Å². The van der Waals surface area contributed by atoms with Gasteiger partial charge in [-0.05, 0) is 35.9 Å². The van der Waals surface area contributed by atoms with Gasteiger partial charge in [-0.2, -0.15) is 5.26 Å². The second-order valence-electron chi connectivity index (χ2n) is 4.40. The summed E-state index contributed by atoms with van der Waals surface area (Å²) in [6, 6.07) is 17.2. The maximum absolute atomic E-state index is 8.89. The van der Waals surface area contributed by atoms with Crippen molar-refractivity contribution in [3.8, 4) is 6.07 Å². The molecule has 0 aliphatic carbocycles. The molecule has 1 N–H and O–H groups in total. The van der Waals surface area contributed by atoms with Gasteiger partial charge in [0, 0.05) is 23.2 Å². The Morgan fingerprint density at radius 3 is 2.85 bits per heavy atom. The zero-order valence-electron chi connectivity index (χ0n) is 10.6. The van der Waals surface area contributed by atoms with E-state index in [2.05, 4.69) is 11.4 Å². The quantitative estimate of drug-likeness (QED) is 0.765. The predicted molar refractivity (Wildman–Crippen MR) is 79.7 cm³/mol. The van der Waals surface area contributed by atoms with E-state index in [0.29, 0.717) is 17.3 Å². The third kappa shape index (κ3) is 2.34. The molecule has 4 heteroatoms. The molecule has 0 aliphatic heterocycles. The zero-order chi connectivity index (χ0) is 13.9. The van der Waals surface area contributed by atoms with Gasteiger partial charge in [0.2, 0.25) is 0 Å². The number of nitrogens with zero attached hydrogens (tertiary/aromatic N) is 1. The molecule has 0 atom stereocenters. The van der Waals surface area contributed by atoms with E-state index in [1.54, 1.807) is 12.1 Å². The Hall–Kier alpha value is -2.44. The Morgan fingerprint density at radius 1 is 1.15 bits per heavy atom. The second-order valence-corrected chi connectivity index (χ2v) is 4.74. The van der Waals surface area contributed by atoms with Gasteiger partial charge in [-0.3, -0.25) is 0 Å². The minimum absolute atomic E-state index is 0.398. The maximum atomic E-state index is 8.89. The molecular formula is C16H11ClN2O. The molecule has 98 valence electrons. The number of anilines is 1. The number of hydrogen-bond donors (Lipinski definition) is 1. The molecule has 0 bridgehead atoms. The average Bonchev–Trinajstić information content (AvgIpc) is 2.81. The number of furan rings is 1. The van der Waals surface area contributed by atoms with Gasteiger partial charge in [-0.1, -0.05) is 24.3 Å². The number of para-hydroxylation sites is 1. The molecule has 0 amide bonds. The van der Waals surface area contributed by atoms with E-state index in [4.69, 9.17) is 21.3 Å². The molecule has 1 aromatic heterocycles. The molecule has 0 spiro atoms. The van der Waals surface area contributed by atoms with Gasteiger partial charge in [-0.25, -0.2) is 0 Å². The number of rotatable bonds is 3. The monoisotopic (exact) mass is 282 g/mol. The van der Waals surface area contributed by atoms with Gasteiger partial charge in [0.15, 0.2) is 5.22 Å². The molecule has 3 aromatic rings. The van der Waals surface area contributed by atoms with Gasteiger partial charge >= 0.3 is 0 Å². The summed E-state index contributed by atoms with van der Waals surface area (Å²) < 4.78 is 5.51. The molecule has 3 rings (SSSR count). The summed E-state index contributed by atoms with van der Waals surface area (Å²) >= 11 is 6.13. The highest BCUT2D eigenvalue weighted by molar-refractivity contribution is 6.30. The standard InChI is InChI=1S/C16H11ClN2O/c17-16-14(13-6-1-2-7-15(13)20-16)10-19-12-5-3-4-11(8-12)9-18/h1-8,19H,10H2. The van der Waals surface area contributed by atoms with E-state index in [1.165, 1.54) is 0 Å². The molecule has 1 heterocycles. The minimum Gasteiger partial charge on any atom is -0.444 e. The molecule has 3 nitrogen and oxygen atoms in total. The number of halogens is 1. The van der Waals surface area contributed by atoms with Crippen molar-refractivity contribution < 1.29 is 4.42 Å². The Labute approximate surface area is 121 Å². The topological polar surface area (TPSA) is 49.0 Å². The first-order valence-corrected chi connectivity index (χ1v) is 6.55. The predicted octanol–water partition coefficient (Wildman–Crippen LogP) is 4.57. The zero-order valence-corrected chi connectivity index (χ0v) is 11.3. The van der Waals surface area contributed by atoms with Crippen LogP contribution in [-0.4, -0.2) is 0 Å². The first-order chi connectivity index (χ1) is 9.78. The summed E-state index contributed by atoms with van der Waals surface area (Å²) in [5.41, 5.74) is 3.20. The van der Waals surface area contributed by atoms with Crippen LogP contribution in [0.3, 0.4) is 0 Å². The average molecular weight is 283 g/mol. The number of nitrogens with one attached hydrogen (secondary N) is 1. The van der Waals surface area contributed by atoms with Gasteiger partial charge < -0.3 is 9.73 Å². The van der Waals surface area contributed by atoms with Crippen molar-refractivity contribution in [2.75, 3.05) is 5.32 Å². The van der Waals surface area contributed by atoms with Crippen molar-refractivity contribution in [3.63, 3.8) is 0 Å². The first-order valence-electron chi connectivity index (χ1n) is 6.18. The summed E-state index contributed by atoms with van der Waals surface area (Å²) in [7, 11) is 0. The van der Waals surface area contributed by atoms with Crippen molar-refractivity contribution in [2.24, 2.45) is 0 Å². The van der Waals surface area contributed by atoms with E-state index < -0.39 is 0 Å². The van der Waals surface area contributed by atoms with Gasteiger partial charge in [-0.15, -0.1) is 0 Å². The van der Waals surface area contributed by atoms with Crippen LogP contribution in [0.4, 0.5) is 5.69 Å². The van der Waals surface area contributed by atoms with E-state index in [9.17, 15) is 0 Å².